The van der Waals surface area contributed by atoms with E-state index in [1.54, 1.807) is 6.20 Å². The van der Waals surface area contributed by atoms with E-state index in [4.69, 9.17) is 5.11 Å². The normalized spacial score (nSPS) is 14.5. The number of nitrogens with one attached hydrogen (secondary N) is 2. The molecule has 5 nitrogen and oxygen atoms in total. The van der Waals surface area contributed by atoms with Crippen molar-refractivity contribution in [1.82, 2.24) is 10.2 Å². The first-order valence-electron chi connectivity index (χ1n) is 5.14. The summed E-state index contributed by atoms with van der Waals surface area (Å²) in [6.45, 7) is 4.12. The van der Waals surface area contributed by atoms with Gasteiger partial charge in [-0.3, -0.25) is 4.79 Å². The van der Waals surface area contributed by atoms with Crippen LogP contribution in [-0.2, 0) is 0 Å². The molecule has 0 bridgehead atoms. The molecule has 1 atom stereocenters. The molecular weight excluding hydrogens is 274 g/mol. The number of hydrogen-bond acceptors (Lipinski definition) is 4. The van der Waals surface area contributed by atoms with Crippen molar-refractivity contribution < 1.29 is 5.11 Å². The molecule has 90 valence electrons. The third-order valence-electron chi connectivity index (χ3n) is 2.68. The van der Waals surface area contributed by atoms with Gasteiger partial charge in [0.2, 0.25) is 0 Å². The Morgan fingerprint density at radius 3 is 2.94 bits per heavy atom. The highest BCUT2D eigenvalue weighted by molar-refractivity contribution is 9.10. The molecule has 1 aromatic heterocycles. The topological polar surface area (TPSA) is 78.0 Å². The number of aromatic amines is 1. The zero-order chi connectivity index (χ0) is 12.2. The molecule has 1 aromatic rings. The molecule has 6 heteroatoms. The summed E-state index contributed by atoms with van der Waals surface area (Å²) in [4.78, 5) is 11.3. The van der Waals surface area contributed by atoms with Crippen molar-refractivity contribution in [3.8, 4) is 0 Å². The summed E-state index contributed by atoms with van der Waals surface area (Å²) in [5.41, 5.74) is 0.126. The van der Waals surface area contributed by atoms with Crippen LogP contribution in [0.15, 0.2) is 15.5 Å². The molecule has 1 rings (SSSR count). The maximum absolute atomic E-state index is 11.3. The maximum Gasteiger partial charge on any atom is 0.280 e. The first-order chi connectivity index (χ1) is 7.52. The molecule has 1 unspecified atom stereocenters. The summed E-state index contributed by atoms with van der Waals surface area (Å²) in [7, 11) is 0. The van der Waals surface area contributed by atoms with Gasteiger partial charge in [0.15, 0.2) is 0 Å². The molecule has 16 heavy (non-hydrogen) atoms. The molecule has 0 spiro atoms. The van der Waals surface area contributed by atoms with Crippen LogP contribution in [0.5, 0.6) is 0 Å². The van der Waals surface area contributed by atoms with E-state index in [2.05, 4.69) is 31.4 Å². The molecule has 3 N–H and O–H groups in total. The van der Waals surface area contributed by atoms with Gasteiger partial charge >= 0.3 is 0 Å². The first kappa shape index (κ1) is 13.2. The minimum absolute atomic E-state index is 0.103. The Bertz CT molecular complexity index is 407. The highest BCUT2D eigenvalue weighted by atomic mass is 79.9. The minimum Gasteiger partial charge on any atom is -0.396 e. The number of rotatable bonds is 5. The fraction of sp³-hybridized carbons (Fsp3) is 0.600. The van der Waals surface area contributed by atoms with Crippen molar-refractivity contribution in [3.63, 3.8) is 0 Å². The van der Waals surface area contributed by atoms with Crippen LogP contribution in [0.4, 0.5) is 5.69 Å². The van der Waals surface area contributed by atoms with Crippen LogP contribution in [0.3, 0.4) is 0 Å². The summed E-state index contributed by atoms with van der Waals surface area (Å²) in [5, 5.41) is 18.3. The lowest BCUT2D eigenvalue weighted by Crippen LogP contribution is -2.35. The van der Waals surface area contributed by atoms with Crippen LogP contribution in [0.2, 0.25) is 0 Å². The number of aliphatic hydroxyl groups excluding tert-OH is 1. The lowest BCUT2D eigenvalue weighted by atomic mass is 9.95. The second-order valence-corrected chi connectivity index (χ2v) is 4.73. The van der Waals surface area contributed by atoms with Crippen molar-refractivity contribution in [2.45, 2.75) is 32.2 Å². The second-order valence-electron chi connectivity index (χ2n) is 3.94. The van der Waals surface area contributed by atoms with Crippen molar-refractivity contribution in [2.75, 3.05) is 11.9 Å². The van der Waals surface area contributed by atoms with Gasteiger partial charge in [-0.1, -0.05) is 6.92 Å². The third kappa shape index (κ3) is 3.05. The van der Waals surface area contributed by atoms with E-state index in [-0.39, 0.29) is 17.7 Å². The smallest absolute Gasteiger partial charge is 0.280 e. The fourth-order valence-corrected chi connectivity index (χ4v) is 1.66. The molecule has 0 amide bonds. The summed E-state index contributed by atoms with van der Waals surface area (Å²) in [6, 6.07) is 0. The zero-order valence-corrected chi connectivity index (χ0v) is 11.0. The predicted molar refractivity (Wildman–Crippen MR) is 66.6 cm³/mol. The van der Waals surface area contributed by atoms with Gasteiger partial charge in [-0.05, 0) is 35.7 Å². The predicted octanol–water partition coefficient (Wildman–Crippen LogP) is 1.50. The SMILES string of the molecule is CCC(C)(CCO)Nc1cn[nH]c(=O)c1Br. The Morgan fingerprint density at radius 2 is 2.38 bits per heavy atom. The molecular formula is C10H16BrN3O2. The molecule has 0 saturated heterocycles. The molecule has 0 saturated carbocycles. The summed E-state index contributed by atoms with van der Waals surface area (Å²) in [6.07, 6.45) is 3.01. The standard InChI is InChI=1S/C10H16BrN3O2/c1-3-10(2,4-5-15)13-7-6-12-14-9(16)8(7)11/h6,15H,3-5H2,1-2H3,(H2,13,14,16). The van der Waals surface area contributed by atoms with Crippen molar-refractivity contribution in [1.29, 1.82) is 0 Å². The molecule has 0 fully saturated rings. The molecule has 0 aromatic carbocycles. The Kier molecular flexibility index (Phi) is 4.49. The number of aliphatic hydroxyl groups is 1. The van der Waals surface area contributed by atoms with E-state index in [0.29, 0.717) is 16.6 Å². The zero-order valence-electron chi connectivity index (χ0n) is 9.38. The molecule has 0 radical (unpaired) electrons. The van der Waals surface area contributed by atoms with Gasteiger partial charge in [0.1, 0.15) is 4.47 Å². The van der Waals surface area contributed by atoms with Gasteiger partial charge in [0.05, 0.1) is 11.9 Å². The highest BCUT2D eigenvalue weighted by Gasteiger charge is 2.22. The Hall–Kier alpha value is -0.880. The van der Waals surface area contributed by atoms with Gasteiger partial charge in [-0.2, -0.15) is 5.10 Å². The maximum atomic E-state index is 11.3. The second kappa shape index (κ2) is 5.45. The van der Waals surface area contributed by atoms with Crippen molar-refractivity contribution in [2.24, 2.45) is 0 Å². The Morgan fingerprint density at radius 1 is 1.69 bits per heavy atom. The molecule has 0 aliphatic heterocycles. The van der Waals surface area contributed by atoms with Crippen LogP contribution in [0.1, 0.15) is 26.7 Å². The van der Waals surface area contributed by atoms with Crippen LogP contribution < -0.4 is 10.9 Å². The monoisotopic (exact) mass is 289 g/mol. The number of H-pyrrole nitrogens is 1. The molecule has 0 aliphatic rings. The summed E-state index contributed by atoms with van der Waals surface area (Å²) < 4.78 is 0.431. The Balaban J connectivity index is 2.94. The van der Waals surface area contributed by atoms with Gasteiger partial charge < -0.3 is 10.4 Å². The third-order valence-corrected chi connectivity index (χ3v) is 3.46. The lowest BCUT2D eigenvalue weighted by molar-refractivity contribution is 0.252. The van der Waals surface area contributed by atoms with E-state index in [9.17, 15) is 4.79 Å². The van der Waals surface area contributed by atoms with Crippen molar-refractivity contribution in [3.05, 3.63) is 21.0 Å². The quantitative estimate of drug-likeness (QED) is 0.768. The van der Waals surface area contributed by atoms with Gasteiger partial charge in [-0.15, -0.1) is 0 Å². The van der Waals surface area contributed by atoms with Crippen molar-refractivity contribution >= 4 is 21.6 Å². The van der Waals surface area contributed by atoms with Gasteiger partial charge in [0, 0.05) is 12.1 Å². The Labute approximate surface area is 102 Å². The van der Waals surface area contributed by atoms with E-state index in [0.717, 1.165) is 6.42 Å². The van der Waals surface area contributed by atoms with E-state index < -0.39 is 0 Å². The molecule has 0 aliphatic carbocycles. The largest absolute Gasteiger partial charge is 0.396 e. The van der Waals surface area contributed by atoms with E-state index >= 15 is 0 Å². The molecule has 1 heterocycles. The van der Waals surface area contributed by atoms with Crippen LogP contribution >= 0.6 is 15.9 Å². The van der Waals surface area contributed by atoms with Crippen LogP contribution in [0, 0.1) is 0 Å². The minimum atomic E-state index is -0.271. The number of hydrogen-bond donors (Lipinski definition) is 3. The lowest BCUT2D eigenvalue weighted by Gasteiger charge is -2.30. The highest BCUT2D eigenvalue weighted by Crippen LogP contribution is 2.24. The fourth-order valence-electron chi connectivity index (χ4n) is 1.37. The number of aromatic nitrogens is 2. The van der Waals surface area contributed by atoms with E-state index in [1.165, 1.54) is 0 Å². The number of nitrogens with zero attached hydrogens (tertiary/aromatic N) is 1. The van der Waals surface area contributed by atoms with Gasteiger partial charge in [-0.25, -0.2) is 5.10 Å². The van der Waals surface area contributed by atoms with E-state index in [1.807, 2.05) is 13.8 Å². The number of anilines is 1. The first-order valence-corrected chi connectivity index (χ1v) is 5.94. The van der Waals surface area contributed by atoms with Gasteiger partial charge in [0.25, 0.3) is 5.56 Å². The summed E-state index contributed by atoms with van der Waals surface area (Å²) in [5.74, 6) is 0. The number of halogens is 1. The van der Waals surface area contributed by atoms with Crippen LogP contribution in [-0.4, -0.2) is 27.4 Å². The van der Waals surface area contributed by atoms with Crippen LogP contribution in [0.25, 0.3) is 0 Å². The average Bonchev–Trinajstić information content (AvgIpc) is 2.25. The summed E-state index contributed by atoms with van der Waals surface area (Å²) >= 11 is 3.20. The average molecular weight is 290 g/mol.